The van der Waals surface area contributed by atoms with Crippen LogP contribution in [-0.2, 0) is 9.84 Å². The van der Waals surface area contributed by atoms with Crippen molar-refractivity contribution in [3.8, 4) is 0 Å². The second kappa shape index (κ2) is 11.7. The summed E-state index contributed by atoms with van der Waals surface area (Å²) in [6.45, 7) is 3.81. The van der Waals surface area contributed by atoms with E-state index in [-0.39, 0.29) is 21.5 Å². The van der Waals surface area contributed by atoms with Gasteiger partial charge in [-0.3, -0.25) is 9.89 Å². The molecule has 1 amide bonds. The Morgan fingerprint density at radius 3 is 2.48 bits per heavy atom. The minimum Gasteiger partial charge on any atom is -0.382 e. The lowest BCUT2D eigenvalue weighted by atomic mass is 9.95. The Labute approximate surface area is 245 Å². The van der Waals surface area contributed by atoms with Gasteiger partial charge in [-0.2, -0.15) is 5.10 Å². The Bertz CT molecular complexity index is 1710. The normalized spacial score (nSPS) is 17.0. The smallest absolute Gasteiger partial charge is 0.258 e. The van der Waals surface area contributed by atoms with E-state index < -0.39 is 15.7 Å². The predicted octanol–water partition coefficient (Wildman–Crippen LogP) is 5.28. The van der Waals surface area contributed by atoms with Crippen LogP contribution in [0, 0.1) is 5.82 Å². The van der Waals surface area contributed by atoms with Crippen LogP contribution in [0.25, 0.3) is 10.9 Å². The molecule has 3 N–H and O–H groups in total. The quantitative estimate of drug-likeness (QED) is 0.269. The van der Waals surface area contributed by atoms with E-state index in [1.165, 1.54) is 36.8 Å². The van der Waals surface area contributed by atoms with Crippen molar-refractivity contribution in [2.45, 2.75) is 47.9 Å². The van der Waals surface area contributed by atoms with Gasteiger partial charge in [0, 0.05) is 49.0 Å². The van der Waals surface area contributed by atoms with Crippen molar-refractivity contribution in [2.75, 3.05) is 48.8 Å². The minimum absolute atomic E-state index is 0.0197. The fourth-order valence-corrected chi connectivity index (χ4v) is 7.10. The minimum atomic E-state index is -3.98. The molecule has 0 radical (unpaired) electrons. The molecule has 11 heteroatoms. The van der Waals surface area contributed by atoms with E-state index in [0.717, 1.165) is 69.3 Å². The van der Waals surface area contributed by atoms with Gasteiger partial charge in [0.15, 0.2) is 5.82 Å². The molecule has 1 aromatic heterocycles. The number of carbonyl (C=O) groups excluding carboxylic acids is 1. The number of piperazine rings is 1. The predicted molar refractivity (Wildman–Crippen MR) is 163 cm³/mol. The molecule has 1 aliphatic carbocycles. The number of sulfone groups is 1. The van der Waals surface area contributed by atoms with E-state index in [1.807, 2.05) is 12.1 Å². The van der Waals surface area contributed by atoms with Gasteiger partial charge in [-0.15, -0.1) is 0 Å². The molecular formula is C31H35FN6O3S. The van der Waals surface area contributed by atoms with Crippen LogP contribution in [0.5, 0.6) is 0 Å². The average Bonchev–Trinajstić information content (AvgIpc) is 3.40. The van der Waals surface area contributed by atoms with E-state index in [2.05, 4.69) is 43.7 Å². The lowest BCUT2D eigenvalue weighted by Gasteiger charge is -2.34. The zero-order valence-corrected chi connectivity index (χ0v) is 24.4. The molecule has 4 aromatic rings. The summed E-state index contributed by atoms with van der Waals surface area (Å²) in [6.07, 6.45) is 5.68. The highest BCUT2D eigenvalue weighted by atomic mass is 32.2. The average molecular weight is 591 g/mol. The van der Waals surface area contributed by atoms with Crippen LogP contribution < -0.4 is 15.5 Å². The van der Waals surface area contributed by atoms with E-state index in [9.17, 15) is 17.6 Å². The second-order valence-electron chi connectivity index (χ2n) is 11.2. The first-order chi connectivity index (χ1) is 20.3. The first kappa shape index (κ1) is 28.2. The highest BCUT2D eigenvalue weighted by Gasteiger charge is 2.23. The number of fused-ring (bicyclic) bond motifs is 1. The van der Waals surface area contributed by atoms with Crippen LogP contribution in [-0.4, -0.2) is 68.7 Å². The Balaban J connectivity index is 1.30. The number of aromatic nitrogens is 2. The first-order valence-corrected chi connectivity index (χ1v) is 15.9. The number of nitrogens with one attached hydrogen (secondary N) is 3. The van der Waals surface area contributed by atoms with E-state index in [4.69, 9.17) is 0 Å². The monoisotopic (exact) mass is 590 g/mol. The molecule has 2 aliphatic rings. The number of nitrogens with zero attached hydrogens (tertiary/aromatic N) is 3. The fraction of sp³-hybridized carbons (Fsp3) is 0.355. The summed E-state index contributed by atoms with van der Waals surface area (Å²) in [5, 5.41) is 14.1. The number of carbonyl (C=O) groups is 1. The topological polar surface area (TPSA) is 110 Å². The van der Waals surface area contributed by atoms with Gasteiger partial charge in [0.1, 0.15) is 5.82 Å². The van der Waals surface area contributed by atoms with Crippen LogP contribution >= 0.6 is 0 Å². The van der Waals surface area contributed by atoms with Gasteiger partial charge in [-0.1, -0.05) is 25.3 Å². The van der Waals surface area contributed by atoms with E-state index in [0.29, 0.717) is 22.5 Å². The van der Waals surface area contributed by atoms with Gasteiger partial charge in [-0.25, -0.2) is 12.8 Å². The van der Waals surface area contributed by atoms with Gasteiger partial charge in [-0.05, 0) is 74.5 Å². The zero-order chi connectivity index (χ0) is 29.3. The molecule has 0 atom stereocenters. The van der Waals surface area contributed by atoms with E-state index in [1.54, 1.807) is 6.07 Å². The first-order valence-electron chi connectivity index (χ1n) is 14.4. The van der Waals surface area contributed by atoms with Crippen molar-refractivity contribution >= 4 is 43.8 Å². The Kier molecular flexibility index (Phi) is 7.87. The van der Waals surface area contributed by atoms with Gasteiger partial charge in [0.05, 0.1) is 20.9 Å². The summed E-state index contributed by atoms with van der Waals surface area (Å²) in [5.41, 5.74) is 2.92. The Hall–Kier alpha value is -3.96. The third-order valence-corrected chi connectivity index (χ3v) is 10.0. The van der Waals surface area contributed by atoms with Gasteiger partial charge >= 0.3 is 0 Å². The summed E-state index contributed by atoms with van der Waals surface area (Å²) in [6, 6.07) is 15.6. The number of H-pyrrole nitrogens is 1. The number of hydrogen-bond donors (Lipinski definition) is 3. The van der Waals surface area contributed by atoms with Crippen molar-refractivity contribution in [3.63, 3.8) is 0 Å². The third kappa shape index (κ3) is 5.84. The summed E-state index contributed by atoms with van der Waals surface area (Å²) < 4.78 is 40.2. The fourth-order valence-electron chi connectivity index (χ4n) is 5.78. The van der Waals surface area contributed by atoms with E-state index >= 15 is 0 Å². The maximum Gasteiger partial charge on any atom is 0.258 e. The van der Waals surface area contributed by atoms with Crippen LogP contribution in [0.1, 0.15) is 42.5 Å². The molecule has 6 rings (SSSR count). The molecule has 0 unspecified atom stereocenters. The number of anilines is 3. The number of rotatable bonds is 7. The SMILES string of the molecule is CN1CCN(c2ccc(C(=O)Nc3n[nH]c4ccc(S(=O)(=O)c5cccc(F)c5)cc34)c(NC3CCCCC3)c2)CC1. The van der Waals surface area contributed by atoms with Crippen molar-refractivity contribution in [1.82, 2.24) is 15.1 Å². The van der Waals surface area contributed by atoms with Gasteiger partial charge < -0.3 is 20.4 Å². The molecule has 1 saturated heterocycles. The summed E-state index contributed by atoms with van der Waals surface area (Å²) >= 11 is 0. The lowest BCUT2D eigenvalue weighted by Crippen LogP contribution is -2.44. The molecule has 1 aliphatic heterocycles. The lowest BCUT2D eigenvalue weighted by molar-refractivity contribution is 0.102. The molecule has 42 heavy (non-hydrogen) atoms. The zero-order valence-electron chi connectivity index (χ0n) is 23.6. The standard InChI is InChI=1S/C31H35FN6O3S/c1-37-14-16-38(17-15-37)23-10-12-26(29(19-23)33-22-7-3-2-4-8-22)31(39)34-30-27-20-25(11-13-28(27)35-36-30)42(40,41)24-9-5-6-21(32)18-24/h5-6,9-13,18-20,22,33H,2-4,7-8,14-17H2,1H3,(H2,34,35,36,39). The molecule has 9 nitrogen and oxygen atoms in total. The number of halogens is 1. The highest BCUT2D eigenvalue weighted by molar-refractivity contribution is 7.91. The Morgan fingerprint density at radius 1 is 0.952 bits per heavy atom. The molecular weight excluding hydrogens is 555 g/mol. The van der Waals surface area contributed by atoms with Crippen LogP contribution in [0.4, 0.5) is 21.6 Å². The summed E-state index contributed by atoms with van der Waals surface area (Å²) in [7, 11) is -1.86. The van der Waals surface area contributed by atoms with Crippen molar-refractivity contribution in [1.29, 1.82) is 0 Å². The summed E-state index contributed by atoms with van der Waals surface area (Å²) in [5.74, 6) is -0.757. The van der Waals surface area contributed by atoms with Crippen LogP contribution in [0.15, 0.2) is 70.5 Å². The Morgan fingerprint density at radius 2 is 1.71 bits per heavy atom. The highest BCUT2D eigenvalue weighted by Crippen LogP contribution is 2.31. The molecule has 0 bridgehead atoms. The molecule has 220 valence electrons. The third-order valence-electron chi connectivity index (χ3n) is 8.26. The van der Waals surface area contributed by atoms with Gasteiger partial charge in [0.25, 0.3) is 5.91 Å². The molecule has 1 saturated carbocycles. The van der Waals surface area contributed by atoms with Crippen molar-refractivity contribution < 1.29 is 17.6 Å². The summed E-state index contributed by atoms with van der Waals surface area (Å²) in [4.78, 5) is 18.2. The number of benzene rings is 3. The largest absolute Gasteiger partial charge is 0.382 e. The number of amides is 1. The second-order valence-corrected chi connectivity index (χ2v) is 13.1. The maximum absolute atomic E-state index is 13.8. The van der Waals surface area contributed by atoms with Crippen molar-refractivity contribution in [3.05, 3.63) is 72.0 Å². The van der Waals surface area contributed by atoms with Crippen LogP contribution in [0.2, 0.25) is 0 Å². The molecule has 3 aromatic carbocycles. The van der Waals surface area contributed by atoms with Crippen LogP contribution in [0.3, 0.4) is 0 Å². The molecule has 0 spiro atoms. The number of aromatic amines is 1. The maximum atomic E-state index is 13.8. The van der Waals surface area contributed by atoms with Crippen molar-refractivity contribution in [2.24, 2.45) is 0 Å². The molecule has 2 fully saturated rings. The molecule has 2 heterocycles. The number of hydrogen-bond acceptors (Lipinski definition) is 7. The number of likely N-dealkylation sites (N-methyl/N-ethyl adjacent to an activating group) is 1. The van der Waals surface area contributed by atoms with Gasteiger partial charge in [0.2, 0.25) is 9.84 Å².